The Bertz CT molecular complexity index is 126. The van der Waals surface area contributed by atoms with E-state index in [1.165, 1.54) is 18.4 Å². The minimum Gasteiger partial charge on any atom is -0.478 e. The molecule has 3 N–H and O–H groups in total. The van der Waals surface area contributed by atoms with Gasteiger partial charge in [-0.25, -0.2) is 4.79 Å². The highest BCUT2D eigenvalue weighted by molar-refractivity contribution is 5.80. The second-order valence-electron chi connectivity index (χ2n) is 1.08. The summed E-state index contributed by atoms with van der Waals surface area (Å²) in [6, 6.07) is 0. The SMILES string of the molecule is N/C=C/C=C/C(=O)O. The van der Waals surface area contributed by atoms with Gasteiger partial charge >= 0.3 is 5.97 Å². The zero-order chi connectivity index (χ0) is 6.41. The third-order valence-electron chi connectivity index (χ3n) is 0.461. The van der Waals surface area contributed by atoms with Gasteiger partial charge in [0.1, 0.15) is 0 Å². The molecule has 3 heteroatoms. The van der Waals surface area contributed by atoms with Crippen molar-refractivity contribution in [1.82, 2.24) is 0 Å². The van der Waals surface area contributed by atoms with Gasteiger partial charge in [0.25, 0.3) is 0 Å². The summed E-state index contributed by atoms with van der Waals surface area (Å²) < 4.78 is 0. The molecule has 0 atom stereocenters. The molecule has 3 nitrogen and oxygen atoms in total. The molecule has 0 spiro atoms. The Labute approximate surface area is 47.1 Å². The number of aliphatic carboxylic acids is 1. The summed E-state index contributed by atoms with van der Waals surface area (Å²) >= 11 is 0. The van der Waals surface area contributed by atoms with Crippen LogP contribution in [0.3, 0.4) is 0 Å². The summed E-state index contributed by atoms with van der Waals surface area (Å²) in [6.45, 7) is 0. The maximum Gasteiger partial charge on any atom is 0.328 e. The maximum atomic E-state index is 9.71. The number of rotatable bonds is 2. The second-order valence-corrected chi connectivity index (χ2v) is 1.08. The van der Waals surface area contributed by atoms with Gasteiger partial charge < -0.3 is 10.8 Å². The summed E-state index contributed by atoms with van der Waals surface area (Å²) in [4.78, 5) is 9.71. The minimum atomic E-state index is -0.969. The lowest BCUT2D eigenvalue weighted by Gasteiger charge is -1.72. The fourth-order valence-corrected chi connectivity index (χ4v) is 0.202. The molecule has 0 aliphatic carbocycles. The molecular formula is C5H7NO2. The number of allylic oxidation sites excluding steroid dienone is 2. The molecule has 0 radical (unpaired) electrons. The van der Waals surface area contributed by atoms with Crippen LogP contribution in [0.2, 0.25) is 0 Å². The summed E-state index contributed by atoms with van der Waals surface area (Å²) in [6.07, 6.45) is 5.05. The number of carboxylic acids is 1. The first kappa shape index (κ1) is 6.75. The Hall–Kier alpha value is -1.25. The van der Waals surface area contributed by atoms with Crippen molar-refractivity contribution in [2.45, 2.75) is 0 Å². The molecule has 0 saturated carbocycles. The highest BCUT2D eigenvalue weighted by Crippen LogP contribution is 1.72. The predicted octanol–water partition coefficient (Wildman–Crippen LogP) is 0.0996. The van der Waals surface area contributed by atoms with Gasteiger partial charge in [-0.1, -0.05) is 6.08 Å². The topological polar surface area (TPSA) is 63.3 Å². The fourth-order valence-electron chi connectivity index (χ4n) is 0.202. The van der Waals surface area contributed by atoms with Crippen LogP contribution in [0.1, 0.15) is 0 Å². The summed E-state index contributed by atoms with van der Waals surface area (Å²) in [5, 5.41) is 7.98. The summed E-state index contributed by atoms with van der Waals surface area (Å²) in [5.74, 6) is -0.969. The highest BCUT2D eigenvalue weighted by atomic mass is 16.4. The lowest BCUT2D eigenvalue weighted by atomic mass is 10.5. The lowest BCUT2D eigenvalue weighted by molar-refractivity contribution is -0.131. The van der Waals surface area contributed by atoms with Gasteiger partial charge in [-0.05, 0) is 12.3 Å². The summed E-state index contributed by atoms with van der Waals surface area (Å²) in [5.41, 5.74) is 4.89. The van der Waals surface area contributed by atoms with Crippen LogP contribution in [0.15, 0.2) is 24.4 Å². The van der Waals surface area contributed by atoms with Crippen LogP contribution < -0.4 is 5.73 Å². The Balaban J connectivity index is 3.50. The van der Waals surface area contributed by atoms with Crippen LogP contribution >= 0.6 is 0 Å². The third-order valence-corrected chi connectivity index (χ3v) is 0.461. The van der Waals surface area contributed by atoms with Crippen molar-refractivity contribution in [1.29, 1.82) is 0 Å². The number of carboxylic acid groups (broad SMARTS) is 1. The van der Waals surface area contributed by atoms with Crippen molar-refractivity contribution in [2.75, 3.05) is 0 Å². The monoisotopic (exact) mass is 113 g/mol. The van der Waals surface area contributed by atoms with Crippen LogP contribution in [0.25, 0.3) is 0 Å². The van der Waals surface area contributed by atoms with Crippen molar-refractivity contribution >= 4 is 5.97 Å². The second kappa shape index (κ2) is 3.92. The van der Waals surface area contributed by atoms with E-state index in [0.717, 1.165) is 6.08 Å². The molecule has 0 amide bonds. The molecular weight excluding hydrogens is 106 g/mol. The molecule has 0 saturated heterocycles. The molecule has 0 fully saturated rings. The molecule has 0 heterocycles. The fraction of sp³-hybridized carbons (Fsp3) is 0. The first-order valence-corrected chi connectivity index (χ1v) is 2.05. The van der Waals surface area contributed by atoms with Crippen LogP contribution in [-0.2, 0) is 4.79 Å². The molecule has 0 aromatic carbocycles. The van der Waals surface area contributed by atoms with E-state index >= 15 is 0 Å². The Morgan fingerprint density at radius 2 is 2.12 bits per heavy atom. The van der Waals surface area contributed by atoms with E-state index in [9.17, 15) is 4.79 Å². The first-order valence-electron chi connectivity index (χ1n) is 2.05. The molecule has 8 heavy (non-hydrogen) atoms. The van der Waals surface area contributed by atoms with E-state index in [4.69, 9.17) is 10.8 Å². The molecule has 0 aromatic rings. The summed E-state index contributed by atoms with van der Waals surface area (Å²) in [7, 11) is 0. The Morgan fingerprint density at radius 3 is 2.50 bits per heavy atom. The minimum absolute atomic E-state index is 0.969. The van der Waals surface area contributed by atoms with Crippen molar-refractivity contribution in [2.24, 2.45) is 5.73 Å². The molecule has 0 aliphatic heterocycles. The van der Waals surface area contributed by atoms with Crippen molar-refractivity contribution < 1.29 is 9.90 Å². The quantitative estimate of drug-likeness (QED) is 0.394. The van der Waals surface area contributed by atoms with Crippen molar-refractivity contribution in [3.63, 3.8) is 0 Å². The molecule has 0 rings (SSSR count). The molecule has 0 unspecified atom stereocenters. The van der Waals surface area contributed by atoms with Crippen molar-refractivity contribution in [3.8, 4) is 0 Å². The standard InChI is InChI=1S/C5H7NO2/c6-4-2-1-3-5(7)8/h1-4H,6H2,(H,7,8)/b3-1+,4-2+. The zero-order valence-corrected chi connectivity index (χ0v) is 4.24. The Kier molecular flexibility index (Phi) is 3.31. The van der Waals surface area contributed by atoms with E-state index in [-0.39, 0.29) is 0 Å². The maximum absolute atomic E-state index is 9.71. The number of hydrogen-bond donors (Lipinski definition) is 2. The average molecular weight is 113 g/mol. The van der Waals surface area contributed by atoms with E-state index in [0.29, 0.717) is 0 Å². The van der Waals surface area contributed by atoms with E-state index in [1.54, 1.807) is 0 Å². The van der Waals surface area contributed by atoms with Gasteiger partial charge in [0.05, 0.1) is 0 Å². The van der Waals surface area contributed by atoms with Gasteiger partial charge in [-0.15, -0.1) is 0 Å². The molecule has 0 aliphatic rings. The van der Waals surface area contributed by atoms with Gasteiger partial charge in [0.2, 0.25) is 0 Å². The molecule has 0 bridgehead atoms. The van der Waals surface area contributed by atoms with Gasteiger partial charge in [-0.3, -0.25) is 0 Å². The third kappa shape index (κ3) is 4.75. The van der Waals surface area contributed by atoms with Crippen LogP contribution in [0.4, 0.5) is 0 Å². The van der Waals surface area contributed by atoms with E-state index in [2.05, 4.69) is 0 Å². The average Bonchev–Trinajstić information content (AvgIpc) is 1.66. The van der Waals surface area contributed by atoms with Gasteiger partial charge in [0, 0.05) is 6.08 Å². The zero-order valence-electron chi connectivity index (χ0n) is 4.24. The van der Waals surface area contributed by atoms with E-state index < -0.39 is 5.97 Å². The van der Waals surface area contributed by atoms with Crippen molar-refractivity contribution in [3.05, 3.63) is 24.4 Å². The van der Waals surface area contributed by atoms with Gasteiger partial charge in [0.15, 0.2) is 0 Å². The first-order chi connectivity index (χ1) is 3.77. The molecule has 0 aromatic heterocycles. The van der Waals surface area contributed by atoms with E-state index in [1.807, 2.05) is 0 Å². The van der Waals surface area contributed by atoms with Crippen LogP contribution in [0.5, 0.6) is 0 Å². The molecule has 44 valence electrons. The number of nitrogens with two attached hydrogens (primary N) is 1. The normalized spacial score (nSPS) is 11.0. The number of hydrogen-bond acceptors (Lipinski definition) is 2. The van der Waals surface area contributed by atoms with Gasteiger partial charge in [-0.2, -0.15) is 0 Å². The highest BCUT2D eigenvalue weighted by Gasteiger charge is 1.78. The smallest absolute Gasteiger partial charge is 0.328 e. The lowest BCUT2D eigenvalue weighted by Crippen LogP contribution is -1.84. The predicted molar refractivity (Wildman–Crippen MR) is 30.1 cm³/mol. The van der Waals surface area contributed by atoms with Crippen LogP contribution in [0, 0.1) is 0 Å². The Morgan fingerprint density at radius 1 is 1.50 bits per heavy atom. The number of carbonyl (C=O) groups is 1. The largest absolute Gasteiger partial charge is 0.478 e. The van der Waals surface area contributed by atoms with Crippen LogP contribution in [-0.4, -0.2) is 11.1 Å².